The lowest BCUT2D eigenvalue weighted by molar-refractivity contribution is 0.0693. The van der Waals surface area contributed by atoms with E-state index in [0.29, 0.717) is 28.7 Å². The van der Waals surface area contributed by atoms with Crippen molar-refractivity contribution in [2.24, 2.45) is 0 Å². The highest BCUT2D eigenvalue weighted by atomic mass is 16.5. The molecule has 0 saturated carbocycles. The maximum absolute atomic E-state index is 11.3. The summed E-state index contributed by atoms with van der Waals surface area (Å²) in [6.45, 7) is 0. The summed E-state index contributed by atoms with van der Waals surface area (Å²) in [5.74, 6) is 0.459. The number of hydrogen-bond acceptors (Lipinski definition) is 6. The molecule has 0 atom stereocenters. The molecule has 0 saturated heterocycles. The smallest absolute Gasteiger partial charge is 0.339 e. The molecule has 1 heterocycles. The lowest BCUT2D eigenvalue weighted by atomic mass is 10.1. The third-order valence-electron chi connectivity index (χ3n) is 3.75. The highest BCUT2D eigenvalue weighted by Crippen LogP contribution is 2.30. The number of rotatable bonds is 6. The number of anilines is 2. The summed E-state index contributed by atoms with van der Waals surface area (Å²) >= 11 is 0. The third kappa shape index (κ3) is 3.56. The van der Waals surface area contributed by atoms with Gasteiger partial charge in [-0.3, -0.25) is 0 Å². The lowest BCUT2D eigenvalue weighted by Crippen LogP contribution is -2.02. The summed E-state index contributed by atoms with van der Waals surface area (Å²) < 4.78 is 10.4. The van der Waals surface area contributed by atoms with E-state index in [1.165, 1.54) is 19.5 Å². The van der Waals surface area contributed by atoms with Crippen LogP contribution >= 0.6 is 0 Å². The summed E-state index contributed by atoms with van der Waals surface area (Å²) in [6, 6.07) is 14.1. The molecule has 3 rings (SSSR count). The van der Waals surface area contributed by atoms with Crippen LogP contribution in [0.25, 0.3) is 11.3 Å². The van der Waals surface area contributed by atoms with E-state index in [2.05, 4.69) is 15.3 Å². The molecule has 2 aromatic carbocycles. The molecule has 0 radical (unpaired) electrons. The van der Waals surface area contributed by atoms with E-state index in [9.17, 15) is 9.90 Å². The lowest BCUT2D eigenvalue weighted by Gasteiger charge is -2.11. The molecule has 3 aromatic rings. The Balaban J connectivity index is 1.92. The van der Waals surface area contributed by atoms with Gasteiger partial charge in [-0.05, 0) is 30.3 Å². The Hall–Kier alpha value is -3.61. The first kappa shape index (κ1) is 17.2. The monoisotopic (exact) mass is 351 g/mol. The van der Waals surface area contributed by atoms with E-state index in [0.717, 1.165) is 5.56 Å². The van der Waals surface area contributed by atoms with Gasteiger partial charge in [0.05, 0.1) is 19.9 Å². The first-order valence-electron chi connectivity index (χ1n) is 7.76. The van der Waals surface area contributed by atoms with E-state index >= 15 is 0 Å². The van der Waals surface area contributed by atoms with Crippen molar-refractivity contribution in [1.29, 1.82) is 0 Å². The fourth-order valence-electron chi connectivity index (χ4n) is 2.53. The average Bonchev–Trinajstić information content (AvgIpc) is 2.68. The summed E-state index contributed by atoms with van der Waals surface area (Å²) in [6.07, 6.45) is 1.44. The Bertz CT molecular complexity index is 944. The second-order valence-electron chi connectivity index (χ2n) is 5.33. The molecule has 0 aliphatic rings. The number of ether oxygens (including phenoxy) is 2. The second-order valence-corrected chi connectivity index (χ2v) is 5.33. The number of carboxylic acid groups (broad SMARTS) is 1. The molecular weight excluding hydrogens is 334 g/mol. The molecule has 7 nitrogen and oxygen atoms in total. The predicted molar refractivity (Wildman–Crippen MR) is 97.3 cm³/mol. The summed E-state index contributed by atoms with van der Waals surface area (Å²) in [5, 5.41) is 12.4. The second kappa shape index (κ2) is 7.52. The normalized spacial score (nSPS) is 10.2. The molecule has 0 aliphatic carbocycles. The Labute approximate surface area is 150 Å². The Morgan fingerprint density at radius 1 is 1.00 bits per heavy atom. The van der Waals surface area contributed by atoms with Crippen LogP contribution in [-0.2, 0) is 0 Å². The third-order valence-corrected chi connectivity index (χ3v) is 3.75. The van der Waals surface area contributed by atoms with Crippen molar-refractivity contribution in [3.8, 4) is 22.8 Å². The molecule has 0 aliphatic heterocycles. The number of aromatic carboxylic acids is 1. The standard InChI is InChI=1S/C19H17N3O4/c1-25-16-6-4-3-5-13(16)15-10-18(21-11-20-15)22-12-7-8-17(26-2)14(9-12)19(23)24/h3-11H,1-2H3,(H,23,24)(H,20,21,22). The van der Waals surface area contributed by atoms with Crippen molar-refractivity contribution in [3.63, 3.8) is 0 Å². The fraction of sp³-hybridized carbons (Fsp3) is 0.105. The van der Waals surface area contributed by atoms with Crippen molar-refractivity contribution >= 4 is 17.5 Å². The molecular formula is C19H17N3O4. The molecule has 26 heavy (non-hydrogen) atoms. The molecule has 0 fully saturated rings. The van der Waals surface area contributed by atoms with Gasteiger partial charge in [0.2, 0.25) is 0 Å². The van der Waals surface area contributed by atoms with Crippen molar-refractivity contribution in [1.82, 2.24) is 9.97 Å². The fourth-order valence-corrected chi connectivity index (χ4v) is 2.53. The van der Waals surface area contributed by atoms with Crippen LogP contribution in [0.15, 0.2) is 54.9 Å². The Morgan fingerprint density at radius 2 is 1.77 bits per heavy atom. The van der Waals surface area contributed by atoms with Gasteiger partial charge in [-0.25, -0.2) is 14.8 Å². The number of aromatic nitrogens is 2. The minimum Gasteiger partial charge on any atom is -0.496 e. The summed E-state index contributed by atoms with van der Waals surface area (Å²) in [7, 11) is 3.03. The number of nitrogens with zero attached hydrogens (tertiary/aromatic N) is 2. The van der Waals surface area contributed by atoms with Gasteiger partial charge in [0.15, 0.2) is 0 Å². The van der Waals surface area contributed by atoms with Crippen LogP contribution in [0, 0.1) is 0 Å². The zero-order chi connectivity index (χ0) is 18.5. The van der Waals surface area contributed by atoms with Gasteiger partial charge in [0.25, 0.3) is 0 Å². The van der Waals surface area contributed by atoms with E-state index in [4.69, 9.17) is 9.47 Å². The van der Waals surface area contributed by atoms with Crippen LogP contribution in [0.4, 0.5) is 11.5 Å². The molecule has 1 aromatic heterocycles. The van der Waals surface area contributed by atoms with Crippen molar-refractivity contribution in [3.05, 3.63) is 60.4 Å². The Kier molecular flexibility index (Phi) is 4.98. The van der Waals surface area contributed by atoms with Crippen LogP contribution < -0.4 is 14.8 Å². The van der Waals surface area contributed by atoms with E-state index < -0.39 is 5.97 Å². The molecule has 132 valence electrons. The molecule has 0 unspecified atom stereocenters. The van der Waals surface area contributed by atoms with Crippen LogP contribution in [0.3, 0.4) is 0 Å². The van der Waals surface area contributed by atoms with Crippen molar-refractivity contribution in [2.75, 3.05) is 19.5 Å². The van der Waals surface area contributed by atoms with Gasteiger partial charge >= 0.3 is 5.97 Å². The molecule has 0 bridgehead atoms. The van der Waals surface area contributed by atoms with Gasteiger partial charge in [0.1, 0.15) is 29.2 Å². The number of nitrogens with one attached hydrogen (secondary N) is 1. The largest absolute Gasteiger partial charge is 0.496 e. The summed E-state index contributed by atoms with van der Waals surface area (Å²) in [4.78, 5) is 19.8. The first-order chi connectivity index (χ1) is 12.6. The number of carboxylic acids is 1. The van der Waals surface area contributed by atoms with Gasteiger partial charge < -0.3 is 19.9 Å². The number of methoxy groups -OCH3 is 2. The van der Waals surface area contributed by atoms with Crippen LogP contribution in [-0.4, -0.2) is 35.3 Å². The quantitative estimate of drug-likeness (QED) is 0.701. The minimum atomic E-state index is -1.07. The maximum atomic E-state index is 11.3. The maximum Gasteiger partial charge on any atom is 0.339 e. The molecule has 2 N–H and O–H groups in total. The number of benzene rings is 2. The van der Waals surface area contributed by atoms with Crippen LogP contribution in [0.5, 0.6) is 11.5 Å². The summed E-state index contributed by atoms with van der Waals surface area (Å²) in [5.41, 5.74) is 2.16. The SMILES string of the molecule is COc1ccc(Nc2cc(-c3ccccc3OC)ncn2)cc1C(=O)O. The van der Waals surface area contributed by atoms with Crippen LogP contribution in [0.2, 0.25) is 0 Å². The van der Waals surface area contributed by atoms with E-state index in [-0.39, 0.29) is 5.56 Å². The van der Waals surface area contributed by atoms with Gasteiger partial charge in [-0.1, -0.05) is 12.1 Å². The van der Waals surface area contributed by atoms with Crippen LogP contribution in [0.1, 0.15) is 10.4 Å². The van der Waals surface area contributed by atoms with Gasteiger partial charge in [-0.15, -0.1) is 0 Å². The van der Waals surface area contributed by atoms with E-state index in [1.54, 1.807) is 25.3 Å². The Morgan fingerprint density at radius 3 is 2.50 bits per heavy atom. The van der Waals surface area contributed by atoms with Gasteiger partial charge in [-0.2, -0.15) is 0 Å². The minimum absolute atomic E-state index is 0.0662. The highest BCUT2D eigenvalue weighted by Gasteiger charge is 2.12. The average molecular weight is 351 g/mol. The predicted octanol–water partition coefficient (Wildman–Crippen LogP) is 3.60. The zero-order valence-electron chi connectivity index (χ0n) is 14.3. The number of para-hydroxylation sites is 1. The first-order valence-corrected chi connectivity index (χ1v) is 7.76. The molecule has 0 amide bonds. The van der Waals surface area contributed by atoms with E-state index in [1.807, 2.05) is 24.3 Å². The highest BCUT2D eigenvalue weighted by molar-refractivity contribution is 5.92. The van der Waals surface area contributed by atoms with Crippen molar-refractivity contribution in [2.45, 2.75) is 0 Å². The number of hydrogen-bond donors (Lipinski definition) is 2. The van der Waals surface area contributed by atoms with Gasteiger partial charge in [0, 0.05) is 17.3 Å². The topological polar surface area (TPSA) is 93.6 Å². The molecule has 0 spiro atoms. The van der Waals surface area contributed by atoms with Crippen molar-refractivity contribution < 1.29 is 19.4 Å². The molecule has 7 heteroatoms. The number of carbonyl (C=O) groups is 1. The zero-order valence-corrected chi connectivity index (χ0v) is 14.3.